The Kier molecular flexibility index (Phi) is 8.22. The third-order valence-electron chi connectivity index (χ3n) is 8.24. The van der Waals surface area contributed by atoms with E-state index in [0.29, 0.717) is 75.5 Å². The molecule has 3 heterocycles. The average molecular weight is 580 g/mol. The number of carbonyl (C=O) groups is 1. The molecular formula is C29H34F5N5O2. The van der Waals surface area contributed by atoms with Gasteiger partial charge < -0.3 is 15.0 Å². The lowest BCUT2D eigenvalue weighted by atomic mass is 9.81. The highest BCUT2D eigenvalue weighted by Crippen LogP contribution is 2.36. The molecule has 2 aromatic heterocycles. The van der Waals surface area contributed by atoms with Gasteiger partial charge in [0.25, 0.3) is 5.91 Å². The fraction of sp³-hybridized carbons (Fsp3) is 0.552. The Morgan fingerprint density at radius 3 is 2.63 bits per heavy atom. The van der Waals surface area contributed by atoms with Gasteiger partial charge in [0, 0.05) is 62.5 Å². The van der Waals surface area contributed by atoms with Crippen molar-refractivity contribution in [3.63, 3.8) is 0 Å². The first kappa shape index (κ1) is 29.2. The summed E-state index contributed by atoms with van der Waals surface area (Å²) in [6.45, 7) is 2.86. The van der Waals surface area contributed by atoms with Crippen molar-refractivity contribution in [1.82, 2.24) is 25.0 Å². The van der Waals surface area contributed by atoms with E-state index in [4.69, 9.17) is 4.74 Å². The number of alkyl halides is 4. The lowest BCUT2D eigenvalue weighted by molar-refractivity contribution is -0.190. The highest BCUT2D eigenvalue weighted by molar-refractivity contribution is 6.06. The molecule has 0 spiro atoms. The monoisotopic (exact) mass is 579 g/mol. The molecule has 1 aromatic carbocycles. The molecule has 7 nitrogen and oxygen atoms in total. The summed E-state index contributed by atoms with van der Waals surface area (Å²) in [4.78, 5) is 19.4. The van der Waals surface area contributed by atoms with Gasteiger partial charge in [0.2, 0.25) is 5.88 Å². The number of aromatic nitrogens is 3. The van der Waals surface area contributed by atoms with Gasteiger partial charge in [-0.1, -0.05) is 6.07 Å². The first-order valence-corrected chi connectivity index (χ1v) is 14.0. The number of amides is 1. The van der Waals surface area contributed by atoms with Gasteiger partial charge in [-0.3, -0.25) is 9.48 Å². The maximum Gasteiger partial charge on any atom is 0.425 e. The summed E-state index contributed by atoms with van der Waals surface area (Å²) >= 11 is 0. The second kappa shape index (κ2) is 11.5. The van der Waals surface area contributed by atoms with Crippen LogP contribution in [-0.2, 0) is 19.9 Å². The molecule has 0 radical (unpaired) electrons. The van der Waals surface area contributed by atoms with Crippen LogP contribution in [0.25, 0.3) is 10.9 Å². The fourth-order valence-electron chi connectivity index (χ4n) is 5.68. The molecule has 1 N–H and O–H groups in total. The Morgan fingerprint density at radius 1 is 1.17 bits per heavy atom. The molecule has 1 aliphatic carbocycles. The van der Waals surface area contributed by atoms with Gasteiger partial charge in [0.05, 0.1) is 5.56 Å². The van der Waals surface area contributed by atoms with Gasteiger partial charge in [0.1, 0.15) is 11.2 Å². The van der Waals surface area contributed by atoms with E-state index in [1.807, 2.05) is 0 Å². The Morgan fingerprint density at radius 2 is 1.90 bits per heavy atom. The van der Waals surface area contributed by atoms with Crippen molar-refractivity contribution in [2.45, 2.75) is 75.9 Å². The standard InChI is InChI=1S/C29H34F5N5O2/c1-18(29(32,33)34)41-25-6-3-19-9-14-39(15-10-24(19)36-25)16-13-28(31)11-7-20(8-12-28)35-27(40)21-4-5-23(30)26-22(21)17-38(2)37-26/h3-6,17-18,20H,7-16H2,1-2H3,(H,35,40)/t18-,20?,28?/m1/s1. The third kappa shape index (κ3) is 6.79. The van der Waals surface area contributed by atoms with E-state index in [1.54, 1.807) is 19.3 Å². The number of ether oxygens (including phenoxy) is 1. The maximum absolute atomic E-state index is 15.7. The van der Waals surface area contributed by atoms with E-state index in [1.165, 1.54) is 22.9 Å². The molecular weight excluding hydrogens is 545 g/mol. The fourth-order valence-corrected chi connectivity index (χ4v) is 5.68. The number of carbonyl (C=O) groups excluding carboxylic acids is 1. The summed E-state index contributed by atoms with van der Waals surface area (Å²) in [5.74, 6) is -0.854. The molecule has 222 valence electrons. The van der Waals surface area contributed by atoms with Gasteiger partial charge in [0.15, 0.2) is 11.9 Å². The minimum absolute atomic E-state index is 0.0436. The number of nitrogens with zero attached hydrogens (tertiary/aromatic N) is 4. The molecule has 5 rings (SSSR count). The number of hydrogen-bond acceptors (Lipinski definition) is 5. The van der Waals surface area contributed by atoms with E-state index in [9.17, 15) is 22.4 Å². The van der Waals surface area contributed by atoms with Crippen LogP contribution in [0.3, 0.4) is 0 Å². The highest BCUT2D eigenvalue weighted by Gasteiger charge is 2.39. The molecule has 1 aliphatic heterocycles. The lowest BCUT2D eigenvalue weighted by Crippen LogP contribution is -2.43. The minimum Gasteiger partial charge on any atom is -0.465 e. The van der Waals surface area contributed by atoms with Crippen LogP contribution in [0.5, 0.6) is 5.88 Å². The zero-order valence-corrected chi connectivity index (χ0v) is 23.1. The molecule has 1 atom stereocenters. The lowest BCUT2D eigenvalue weighted by Gasteiger charge is -2.35. The maximum atomic E-state index is 15.7. The predicted molar refractivity (Wildman–Crippen MR) is 143 cm³/mol. The second-order valence-corrected chi connectivity index (χ2v) is 11.2. The molecule has 1 amide bonds. The third-order valence-corrected chi connectivity index (χ3v) is 8.24. The number of aryl methyl sites for hydroxylation is 1. The van der Waals surface area contributed by atoms with Crippen molar-refractivity contribution in [2.24, 2.45) is 7.05 Å². The van der Waals surface area contributed by atoms with Crippen LogP contribution < -0.4 is 10.1 Å². The van der Waals surface area contributed by atoms with Crippen molar-refractivity contribution >= 4 is 16.8 Å². The van der Waals surface area contributed by atoms with E-state index in [0.717, 1.165) is 18.2 Å². The van der Waals surface area contributed by atoms with Crippen molar-refractivity contribution < 1.29 is 31.5 Å². The van der Waals surface area contributed by atoms with E-state index in [-0.39, 0.29) is 23.3 Å². The normalized spacial score (nSPS) is 22.7. The Bertz CT molecular complexity index is 1400. The summed E-state index contributed by atoms with van der Waals surface area (Å²) in [5.41, 5.74) is 0.839. The molecule has 12 heteroatoms. The van der Waals surface area contributed by atoms with Gasteiger partial charge in [-0.25, -0.2) is 13.8 Å². The Labute approximate surface area is 235 Å². The number of halogens is 5. The number of pyridine rings is 1. The topological polar surface area (TPSA) is 72.3 Å². The van der Waals surface area contributed by atoms with Crippen molar-refractivity contribution in [1.29, 1.82) is 0 Å². The Hall–Kier alpha value is -3.28. The van der Waals surface area contributed by atoms with Crippen molar-refractivity contribution in [3.05, 3.63) is 53.1 Å². The van der Waals surface area contributed by atoms with Crippen LogP contribution in [0, 0.1) is 5.82 Å². The SMILES string of the molecule is C[C@@H](Oc1ccc2c(n1)CCN(CCC1(F)CCC(NC(=O)c3ccc(F)c4nn(C)cc34)CC1)CC2)C(F)(F)F. The van der Waals surface area contributed by atoms with Crippen LogP contribution in [-0.4, -0.2) is 69.2 Å². The van der Waals surface area contributed by atoms with Gasteiger partial charge in [-0.15, -0.1) is 0 Å². The number of benzene rings is 1. The van der Waals surface area contributed by atoms with E-state index >= 15 is 4.39 Å². The van der Waals surface area contributed by atoms with E-state index in [2.05, 4.69) is 20.3 Å². The number of fused-ring (bicyclic) bond motifs is 2. The Balaban J connectivity index is 1.10. The van der Waals surface area contributed by atoms with Crippen molar-refractivity contribution in [2.75, 3.05) is 19.6 Å². The summed E-state index contributed by atoms with van der Waals surface area (Å²) in [7, 11) is 1.67. The molecule has 0 unspecified atom stereocenters. The van der Waals surface area contributed by atoms with Gasteiger partial charge in [-0.2, -0.15) is 18.3 Å². The second-order valence-electron chi connectivity index (χ2n) is 11.2. The summed E-state index contributed by atoms with van der Waals surface area (Å²) < 4.78 is 74.8. The molecule has 41 heavy (non-hydrogen) atoms. The van der Waals surface area contributed by atoms with Crippen molar-refractivity contribution in [3.8, 4) is 5.88 Å². The van der Waals surface area contributed by atoms with E-state index < -0.39 is 23.8 Å². The molecule has 0 bridgehead atoms. The summed E-state index contributed by atoms with van der Waals surface area (Å²) in [5, 5.41) is 7.51. The minimum atomic E-state index is -4.46. The summed E-state index contributed by atoms with van der Waals surface area (Å²) in [6.07, 6.45) is -1.53. The number of hydrogen-bond donors (Lipinski definition) is 1. The van der Waals surface area contributed by atoms with Crippen LogP contribution in [0.4, 0.5) is 22.0 Å². The summed E-state index contributed by atoms with van der Waals surface area (Å²) in [6, 6.07) is 5.75. The molecule has 1 fully saturated rings. The van der Waals surface area contributed by atoms with Crippen LogP contribution >= 0.6 is 0 Å². The first-order valence-electron chi connectivity index (χ1n) is 14.0. The van der Waals surface area contributed by atoms with Crippen LogP contribution in [0.2, 0.25) is 0 Å². The largest absolute Gasteiger partial charge is 0.465 e. The highest BCUT2D eigenvalue weighted by atomic mass is 19.4. The van der Waals surface area contributed by atoms with Crippen LogP contribution in [0.1, 0.15) is 60.6 Å². The predicted octanol–water partition coefficient (Wildman–Crippen LogP) is 5.31. The number of rotatable bonds is 7. The first-order chi connectivity index (χ1) is 19.4. The molecule has 3 aromatic rings. The quantitative estimate of drug-likeness (QED) is 0.385. The zero-order valence-electron chi connectivity index (χ0n) is 23.1. The molecule has 2 aliphatic rings. The number of nitrogens with one attached hydrogen (secondary N) is 1. The molecule has 0 saturated heterocycles. The van der Waals surface area contributed by atoms with Gasteiger partial charge in [-0.05, 0) is 63.1 Å². The smallest absolute Gasteiger partial charge is 0.425 e. The van der Waals surface area contributed by atoms with Gasteiger partial charge >= 0.3 is 6.18 Å². The molecule has 1 saturated carbocycles. The van der Waals surface area contributed by atoms with Crippen LogP contribution in [0.15, 0.2) is 30.5 Å². The zero-order chi connectivity index (χ0) is 29.4. The average Bonchev–Trinajstić information content (AvgIpc) is 3.20.